The van der Waals surface area contributed by atoms with Crippen LogP contribution in [0.2, 0.25) is 0 Å². The molecule has 0 saturated carbocycles. The lowest BCUT2D eigenvalue weighted by atomic mass is 9.96. The number of nitrogens with zero attached hydrogens (tertiary/aromatic N) is 3. The minimum Gasteiger partial charge on any atom is -0.372 e. The first-order valence-corrected chi connectivity index (χ1v) is 8.47. The van der Waals surface area contributed by atoms with Gasteiger partial charge in [-0.2, -0.15) is 5.10 Å². The number of nitrogens with one attached hydrogen (secondary N) is 1. The van der Waals surface area contributed by atoms with Gasteiger partial charge in [-0.15, -0.1) is 0 Å². The highest BCUT2D eigenvalue weighted by Crippen LogP contribution is 2.28. The highest BCUT2D eigenvalue weighted by atomic mass is 79.9. The van der Waals surface area contributed by atoms with Crippen LogP contribution in [-0.2, 0) is 11.3 Å². The molecule has 0 bridgehead atoms. The maximum absolute atomic E-state index is 6.01. The lowest BCUT2D eigenvalue weighted by Crippen LogP contribution is -2.45. The quantitative estimate of drug-likeness (QED) is 0.885. The second kappa shape index (κ2) is 7.35. The third-order valence-corrected chi connectivity index (χ3v) is 4.33. The molecule has 0 aliphatic carbocycles. The van der Waals surface area contributed by atoms with E-state index in [1.54, 1.807) is 0 Å². The van der Waals surface area contributed by atoms with Gasteiger partial charge in [0.2, 0.25) is 0 Å². The number of hydrogen-bond acceptors (Lipinski definition) is 4. The summed E-state index contributed by atoms with van der Waals surface area (Å²) in [5.74, 6) is 0. The summed E-state index contributed by atoms with van der Waals surface area (Å²) in [5.41, 5.74) is 1.20. The Kier molecular flexibility index (Phi) is 5.23. The Morgan fingerprint density at radius 2 is 2.27 bits per heavy atom. The van der Waals surface area contributed by atoms with E-state index in [2.05, 4.69) is 38.3 Å². The summed E-state index contributed by atoms with van der Waals surface area (Å²) in [4.78, 5) is 4.09. The molecule has 0 spiro atoms. The van der Waals surface area contributed by atoms with E-state index in [1.165, 1.54) is 5.56 Å². The first kappa shape index (κ1) is 15.6. The van der Waals surface area contributed by atoms with Crippen LogP contribution in [0.25, 0.3) is 0 Å². The van der Waals surface area contributed by atoms with Gasteiger partial charge in [0, 0.05) is 37.3 Å². The van der Waals surface area contributed by atoms with Gasteiger partial charge in [-0.05, 0) is 53.4 Å². The van der Waals surface area contributed by atoms with E-state index in [1.807, 2.05) is 41.6 Å². The number of ether oxygens (including phenoxy) is 1. The van der Waals surface area contributed by atoms with E-state index in [9.17, 15) is 0 Å². The number of pyridine rings is 1. The van der Waals surface area contributed by atoms with Crippen LogP contribution >= 0.6 is 15.9 Å². The van der Waals surface area contributed by atoms with Crippen molar-refractivity contribution in [2.45, 2.75) is 44.5 Å². The van der Waals surface area contributed by atoms with Gasteiger partial charge in [0.25, 0.3) is 0 Å². The van der Waals surface area contributed by atoms with Crippen molar-refractivity contribution in [1.29, 1.82) is 0 Å². The van der Waals surface area contributed by atoms with Crippen LogP contribution in [-0.4, -0.2) is 33.5 Å². The standard InChI is InChI=1S/C16H21BrN4O/c1-12(10-21-11-14(17)9-19-21)20-15-3-2-8-22-16(15)13-4-6-18-7-5-13/h4-7,9,11-12,15-16,20H,2-3,8,10H2,1H3/t12-,15-,16+/m0/s1. The Labute approximate surface area is 139 Å². The second-order valence-corrected chi connectivity index (χ2v) is 6.68. The molecule has 0 amide bonds. The smallest absolute Gasteiger partial charge is 0.0978 e. The first-order chi connectivity index (χ1) is 10.7. The van der Waals surface area contributed by atoms with Crippen LogP contribution in [0.4, 0.5) is 0 Å². The average molecular weight is 365 g/mol. The van der Waals surface area contributed by atoms with Crippen LogP contribution in [0.15, 0.2) is 41.4 Å². The molecule has 0 aromatic carbocycles. The van der Waals surface area contributed by atoms with E-state index in [4.69, 9.17) is 4.74 Å². The lowest BCUT2D eigenvalue weighted by molar-refractivity contribution is -0.0139. The van der Waals surface area contributed by atoms with Crippen molar-refractivity contribution in [3.63, 3.8) is 0 Å². The summed E-state index contributed by atoms with van der Waals surface area (Å²) < 4.78 is 8.97. The van der Waals surface area contributed by atoms with Gasteiger partial charge in [0.1, 0.15) is 0 Å². The SMILES string of the molecule is C[C@@H](Cn1cc(Br)cn1)N[C@H]1CCCO[C@@H]1c1ccncc1. The molecular formula is C16H21BrN4O. The molecule has 3 atom stereocenters. The molecule has 1 N–H and O–H groups in total. The summed E-state index contributed by atoms with van der Waals surface area (Å²) in [5, 5.41) is 8.02. The summed E-state index contributed by atoms with van der Waals surface area (Å²) in [6, 6.07) is 4.73. The molecule has 2 aromatic heterocycles. The molecule has 6 heteroatoms. The number of halogens is 1. The fourth-order valence-electron chi connectivity index (χ4n) is 2.97. The second-order valence-electron chi connectivity index (χ2n) is 5.77. The number of aromatic nitrogens is 3. The molecule has 1 aliphatic heterocycles. The molecule has 3 rings (SSSR count). The van der Waals surface area contributed by atoms with E-state index >= 15 is 0 Å². The van der Waals surface area contributed by atoms with Crippen molar-refractivity contribution in [2.75, 3.05) is 6.61 Å². The zero-order valence-corrected chi connectivity index (χ0v) is 14.2. The number of hydrogen-bond donors (Lipinski definition) is 1. The molecule has 1 saturated heterocycles. The lowest BCUT2D eigenvalue weighted by Gasteiger charge is -2.34. The molecule has 2 aromatic rings. The predicted octanol–water partition coefficient (Wildman–Crippen LogP) is 2.94. The van der Waals surface area contributed by atoms with Crippen LogP contribution in [0.3, 0.4) is 0 Å². The van der Waals surface area contributed by atoms with Crippen molar-refractivity contribution >= 4 is 15.9 Å². The third kappa shape index (κ3) is 3.94. The minimum absolute atomic E-state index is 0.101. The Morgan fingerprint density at radius 1 is 1.45 bits per heavy atom. The van der Waals surface area contributed by atoms with E-state index in [0.29, 0.717) is 12.1 Å². The fraction of sp³-hybridized carbons (Fsp3) is 0.500. The summed E-state index contributed by atoms with van der Waals surface area (Å²) in [7, 11) is 0. The predicted molar refractivity (Wildman–Crippen MR) is 88.5 cm³/mol. The van der Waals surface area contributed by atoms with Crippen LogP contribution in [0.1, 0.15) is 31.4 Å². The van der Waals surface area contributed by atoms with Crippen molar-refractivity contribution in [3.05, 3.63) is 47.0 Å². The van der Waals surface area contributed by atoms with Crippen molar-refractivity contribution < 1.29 is 4.74 Å². The molecule has 0 unspecified atom stereocenters. The highest BCUT2D eigenvalue weighted by molar-refractivity contribution is 9.10. The summed E-state index contributed by atoms with van der Waals surface area (Å²) in [6.07, 6.45) is 9.79. The van der Waals surface area contributed by atoms with Crippen LogP contribution < -0.4 is 5.32 Å². The normalized spacial score (nSPS) is 23.4. The van der Waals surface area contributed by atoms with Crippen LogP contribution in [0, 0.1) is 0 Å². The van der Waals surface area contributed by atoms with Gasteiger partial charge in [-0.3, -0.25) is 9.67 Å². The Hall–Kier alpha value is -1.24. The zero-order valence-electron chi connectivity index (χ0n) is 12.7. The molecule has 3 heterocycles. The van der Waals surface area contributed by atoms with Crippen LogP contribution in [0.5, 0.6) is 0 Å². The summed E-state index contributed by atoms with van der Waals surface area (Å²) >= 11 is 3.43. The Balaban J connectivity index is 1.63. The average Bonchev–Trinajstić information content (AvgIpc) is 2.93. The minimum atomic E-state index is 0.101. The van der Waals surface area contributed by atoms with Crippen molar-refractivity contribution in [2.24, 2.45) is 0 Å². The first-order valence-electron chi connectivity index (χ1n) is 7.68. The van der Waals surface area contributed by atoms with Crippen molar-refractivity contribution in [1.82, 2.24) is 20.1 Å². The summed E-state index contributed by atoms with van der Waals surface area (Å²) in [6.45, 7) is 3.85. The molecule has 22 heavy (non-hydrogen) atoms. The van der Waals surface area contributed by atoms with Crippen molar-refractivity contribution in [3.8, 4) is 0 Å². The fourth-order valence-corrected chi connectivity index (χ4v) is 3.30. The van der Waals surface area contributed by atoms with Gasteiger partial charge in [-0.1, -0.05) is 0 Å². The highest BCUT2D eigenvalue weighted by Gasteiger charge is 2.28. The Bertz CT molecular complexity index is 589. The van der Waals surface area contributed by atoms with Gasteiger partial charge < -0.3 is 10.1 Å². The molecule has 0 radical (unpaired) electrons. The molecule has 5 nitrogen and oxygen atoms in total. The third-order valence-electron chi connectivity index (χ3n) is 3.92. The van der Waals surface area contributed by atoms with E-state index in [-0.39, 0.29) is 6.10 Å². The largest absolute Gasteiger partial charge is 0.372 e. The van der Waals surface area contributed by atoms with Gasteiger partial charge in [-0.25, -0.2) is 0 Å². The van der Waals surface area contributed by atoms with Gasteiger partial charge in [0.05, 0.1) is 23.3 Å². The molecule has 1 aliphatic rings. The van der Waals surface area contributed by atoms with Gasteiger partial charge >= 0.3 is 0 Å². The van der Waals surface area contributed by atoms with Gasteiger partial charge in [0.15, 0.2) is 0 Å². The number of rotatable bonds is 5. The molecular weight excluding hydrogens is 344 g/mol. The molecule has 1 fully saturated rings. The maximum atomic E-state index is 6.01. The maximum Gasteiger partial charge on any atom is 0.0978 e. The zero-order chi connectivity index (χ0) is 15.4. The topological polar surface area (TPSA) is 52.0 Å². The monoisotopic (exact) mass is 364 g/mol. The Morgan fingerprint density at radius 3 is 3.00 bits per heavy atom. The molecule has 118 valence electrons. The van der Waals surface area contributed by atoms with E-state index in [0.717, 1.165) is 30.5 Å². The van der Waals surface area contributed by atoms with E-state index < -0.39 is 0 Å².